The number of carbonyl (C=O) groups excluding carboxylic acids is 1. The van der Waals surface area contributed by atoms with Crippen molar-refractivity contribution in [2.24, 2.45) is 5.41 Å². The van der Waals surface area contributed by atoms with Gasteiger partial charge in [0.2, 0.25) is 5.91 Å². The van der Waals surface area contributed by atoms with Crippen LogP contribution >= 0.6 is 0 Å². The highest BCUT2D eigenvalue weighted by Crippen LogP contribution is 2.38. The summed E-state index contributed by atoms with van der Waals surface area (Å²) in [5.41, 5.74) is 0.135. The van der Waals surface area contributed by atoms with E-state index in [1.165, 1.54) is 0 Å². The molecule has 0 heterocycles. The highest BCUT2D eigenvalue weighted by molar-refractivity contribution is 5.80. The molecule has 114 valence electrons. The zero-order valence-corrected chi connectivity index (χ0v) is 12.2. The number of benzene rings is 1. The van der Waals surface area contributed by atoms with E-state index in [0.29, 0.717) is 19.4 Å². The molecule has 0 bridgehead atoms. The van der Waals surface area contributed by atoms with Crippen molar-refractivity contribution in [1.29, 1.82) is 0 Å². The first-order valence-corrected chi connectivity index (χ1v) is 7.17. The number of rotatable bonds is 6. The molecule has 1 aromatic carbocycles. The molecule has 1 amide bonds. The molecule has 1 aliphatic rings. The minimum atomic E-state index is -0.866. The minimum Gasteiger partial charge on any atom is -0.481 e. The van der Waals surface area contributed by atoms with Crippen molar-refractivity contribution < 1.29 is 19.4 Å². The summed E-state index contributed by atoms with van der Waals surface area (Å²) in [6, 6.07) is 9.28. The van der Waals surface area contributed by atoms with Crippen molar-refractivity contribution in [1.82, 2.24) is 5.32 Å². The summed E-state index contributed by atoms with van der Waals surface area (Å²) in [6.07, 6.45) is 2.12. The minimum absolute atomic E-state index is 0.0545. The third kappa shape index (κ3) is 3.82. The van der Waals surface area contributed by atoms with E-state index in [0.717, 1.165) is 12.0 Å². The van der Waals surface area contributed by atoms with Crippen LogP contribution in [-0.2, 0) is 20.9 Å². The van der Waals surface area contributed by atoms with E-state index in [1.54, 1.807) is 6.92 Å². The summed E-state index contributed by atoms with van der Waals surface area (Å²) in [6.45, 7) is 2.01. The third-order valence-electron chi connectivity index (χ3n) is 4.13. The van der Waals surface area contributed by atoms with Gasteiger partial charge in [-0.3, -0.25) is 9.59 Å². The highest BCUT2D eigenvalue weighted by atomic mass is 16.5. The van der Waals surface area contributed by atoms with E-state index in [9.17, 15) is 14.7 Å². The summed E-state index contributed by atoms with van der Waals surface area (Å²) in [5, 5.41) is 12.1. The zero-order chi connectivity index (χ0) is 15.3. The fraction of sp³-hybridized carbons (Fsp3) is 0.500. The van der Waals surface area contributed by atoms with Gasteiger partial charge in [0.1, 0.15) is 6.61 Å². The van der Waals surface area contributed by atoms with E-state index >= 15 is 0 Å². The van der Waals surface area contributed by atoms with Gasteiger partial charge in [0.15, 0.2) is 0 Å². The number of carboxylic acid groups (broad SMARTS) is 1. The van der Waals surface area contributed by atoms with Crippen LogP contribution in [0.25, 0.3) is 0 Å². The fourth-order valence-corrected chi connectivity index (χ4v) is 2.73. The number of ether oxygens (including phenoxy) is 1. The number of carboxylic acids is 1. The number of hydrogen-bond acceptors (Lipinski definition) is 3. The molecule has 1 fully saturated rings. The Labute approximate surface area is 124 Å². The largest absolute Gasteiger partial charge is 0.481 e. The smallest absolute Gasteiger partial charge is 0.311 e. The van der Waals surface area contributed by atoms with E-state index in [2.05, 4.69) is 5.32 Å². The lowest BCUT2D eigenvalue weighted by Crippen LogP contribution is -2.48. The molecule has 0 aromatic heterocycles. The van der Waals surface area contributed by atoms with Gasteiger partial charge < -0.3 is 15.2 Å². The fourth-order valence-electron chi connectivity index (χ4n) is 2.73. The molecule has 1 saturated carbocycles. The van der Waals surface area contributed by atoms with Crippen LogP contribution in [0.5, 0.6) is 0 Å². The molecule has 1 aromatic rings. The van der Waals surface area contributed by atoms with Gasteiger partial charge in [-0.1, -0.05) is 36.8 Å². The van der Waals surface area contributed by atoms with Crippen molar-refractivity contribution in [2.75, 3.05) is 6.61 Å². The van der Waals surface area contributed by atoms with Crippen LogP contribution in [0.4, 0.5) is 0 Å². The SMILES string of the molecule is CC1(C(=O)O)CCCC1NC(=O)COCc1ccccc1. The molecule has 21 heavy (non-hydrogen) atoms. The van der Waals surface area contributed by atoms with Crippen LogP contribution in [0.2, 0.25) is 0 Å². The van der Waals surface area contributed by atoms with Gasteiger partial charge in [0.05, 0.1) is 12.0 Å². The lowest BCUT2D eigenvalue weighted by molar-refractivity contribution is -0.149. The average Bonchev–Trinajstić information content (AvgIpc) is 2.83. The molecule has 0 aliphatic heterocycles. The zero-order valence-electron chi connectivity index (χ0n) is 12.2. The molecule has 5 nitrogen and oxygen atoms in total. The summed E-state index contributed by atoms with van der Waals surface area (Å²) in [4.78, 5) is 23.2. The first-order valence-electron chi connectivity index (χ1n) is 7.17. The number of aliphatic carboxylic acids is 1. The summed E-state index contributed by atoms with van der Waals surface area (Å²) >= 11 is 0. The molecule has 5 heteroatoms. The number of amides is 1. The van der Waals surface area contributed by atoms with Gasteiger partial charge in [-0.2, -0.15) is 0 Å². The maximum absolute atomic E-state index is 11.9. The standard InChI is InChI=1S/C16H21NO4/c1-16(15(19)20)9-5-8-13(16)17-14(18)11-21-10-12-6-3-2-4-7-12/h2-4,6-7,13H,5,8-11H2,1H3,(H,17,18)(H,19,20). The van der Waals surface area contributed by atoms with Crippen molar-refractivity contribution in [3.8, 4) is 0 Å². The molecule has 2 atom stereocenters. The van der Waals surface area contributed by atoms with E-state index < -0.39 is 11.4 Å². The monoisotopic (exact) mass is 291 g/mol. The molecule has 0 spiro atoms. The Kier molecular flexibility index (Phi) is 4.96. The summed E-state index contributed by atoms with van der Waals surface area (Å²) in [5.74, 6) is -1.11. The Morgan fingerprint density at radius 2 is 2.10 bits per heavy atom. The number of nitrogens with one attached hydrogen (secondary N) is 1. The maximum atomic E-state index is 11.9. The second-order valence-corrected chi connectivity index (χ2v) is 5.71. The highest BCUT2D eigenvalue weighted by Gasteiger charge is 2.45. The lowest BCUT2D eigenvalue weighted by Gasteiger charge is -2.27. The lowest BCUT2D eigenvalue weighted by atomic mass is 9.85. The second kappa shape index (κ2) is 6.72. The van der Waals surface area contributed by atoms with Crippen molar-refractivity contribution in [3.63, 3.8) is 0 Å². The molecular weight excluding hydrogens is 270 g/mol. The Morgan fingerprint density at radius 3 is 2.76 bits per heavy atom. The molecule has 1 aliphatic carbocycles. The maximum Gasteiger partial charge on any atom is 0.311 e. The van der Waals surface area contributed by atoms with Crippen LogP contribution in [0, 0.1) is 5.41 Å². The Hall–Kier alpha value is -1.88. The molecule has 2 rings (SSSR count). The van der Waals surface area contributed by atoms with Gasteiger partial charge in [-0.15, -0.1) is 0 Å². The first-order chi connectivity index (χ1) is 10.0. The van der Waals surface area contributed by atoms with Crippen LogP contribution in [0.15, 0.2) is 30.3 Å². The first kappa shape index (κ1) is 15.5. The average molecular weight is 291 g/mol. The topological polar surface area (TPSA) is 75.6 Å². The number of hydrogen-bond donors (Lipinski definition) is 2. The van der Waals surface area contributed by atoms with E-state index in [4.69, 9.17) is 4.74 Å². The Bertz CT molecular complexity index is 502. The Morgan fingerprint density at radius 1 is 1.38 bits per heavy atom. The van der Waals surface area contributed by atoms with E-state index in [-0.39, 0.29) is 18.6 Å². The van der Waals surface area contributed by atoms with Crippen molar-refractivity contribution >= 4 is 11.9 Å². The predicted octanol–water partition coefficient (Wildman–Crippen LogP) is 1.96. The third-order valence-corrected chi connectivity index (χ3v) is 4.13. The normalized spacial score (nSPS) is 24.7. The van der Waals surface area contributed by atoms with Crippen molar-refractivity contribution in [3.05, 3.63) is 35.9 Å². The van der Waals surface area contributed by atoms with Crippen LogP contribution in [0.1, 0.15) is 31.7 Å². The van der Waals surface area contributed by atoms with Crippen LogP contribution in [0.3, 0.4) is 0 Å². The summed E-state index contributed by atoms with van der Waals surface area (Å²) in [7, 11) is 0. The van der Waals surface area contributed by atoms with Crippen LogP contribution < -0.4 is 5.32 Å². The molecule has 0 radical (unpaired) electrons. The summed E-state index contributed by atoms with van der Waals surface area (Å²) < 4.78 is 5.36. The molecular formula is C16H21NO4. The van der Waals surface area contributed by atoms with Gasteiger partial charge in [-0.05, 0) is 25.3 Å². The van der Waals surface area contributed by atoms with Gasteiger partial charge >= 0.3 is 5.97 Å². The number of carbonyl (C=O) groups is 2. The van der Waals surface area contributed by atoms with Crippen LogP contribution in [-0.4, -0.2) is 29.6 Å². The predicted molar refractivity (Wildman–Crippen MR) is 77.6 cm³/mol. The molecule has 2 unspecified atom stereocenters. The second-order valence-electron chi connectivity index (χ2n) is 5.71. The molecule has 2 N–H and O–H groups in total. The Balaban J connectivity index is 1.78. The van der Waals surface area contributed by atoms with Gasteiger partial charge in [-0.25, -0.2) is 0 Å². The van der Waals surface area contributed by atoms with E-state index in [1.807, 2.05) is 30.3 Å². The van der Waals surface area contributed by atoms with Crippen molar-refractivity contribution in [2.45, 2.75) is 38.8 Å². The quantitative estimate of drug-likeness (QED) is 0.840. The molecule has 0 saturated heterocycles. The van der Waals surface area contributed by atoms with Gasteiger partial charge in [0, 0.05) is 6.04 Å². The van der Waals surface area contributed by atoms with Gasteiger partial charge in [0.25, 0.3) is 0 Å².